The van der Waals surface area contributed by atoms with Crippen molar-refractivity contribution in [1.29, 1.82) is 0 Å². The number of hydrogen-bond donors (Lipinski definition) is 0. The van der Waals surface area contributed by atoms with Gasteiger partial charge in [0.05, 0.1) is 6.10 Å². The molecule has 5 heteroatoms. The molecule has 2 aliphatic rings. The van der Waals surface area contributed by atoms with Crippen LogP contribution in [0.4, 0.5) is 0 Å². The molecule has 1 unspecified atom stereocenters. The third-order valence-electron chi connectivity index (χ3n) is 6.40. The van der Waals surface area contributed by atoms with E-state index >= 15 is 0 Å². The molecule has 2 atom stereocenters. The van der Waals surface area contributed by atoms with E-state index in [-0.39, 0.29) is 29.9 Å². The van der Waals surface area contributed by atoms with E-state index in [1.54, 1.807) is 0 Å². The molecule has 0 N–H and O–H groups in total. The highest BCUT2D eigenvalue weighted by Crippen LogP contribution is 2.49. The van der Waals surface area contributed by atoms with Gasteiger partial charge in [-0.15, -0.1) is 0 Å². The molecule has 0 fully saturated rings. The van der Waals surface area contributed by atoms with E-state index < -0.39 is 11.8 Å². The molecule has 0 aromatic heterocycles. The highest BCUT2D eigenvalue weighted by atomic mass is 16.5. The molecule has 0 spiro atoms. The van der Waals surface area contributed by atoms with E-state index in [9.17, 15) is 9.59 Å². The summed E-state index contributed by atoms with van der Waals surface area (Å²) in [6.07, 6.45) is 1.08. The highest BCUT2D eigenvalue weighted by Gasteiger charge is 2.46. The van der Waals surface area contributed by atoms with Gasteiger partial charge in [0.2, 0.25) is 0 Å². The molecule has 1 aliphatic carbocycles. The quantitative estimate of drug-likeness (QED) is 0.495. The second-order valence-electron chi connectivity index (χ2n) is 10.3. The van der Waals surface area contributed by atoms with E-state index in [0.29, 0.717) is 29.9 Å². The van der Waals surface area contributed by atoms with Gasteiger partial charge in [-0.3, -0.25) is 14.6 Å². The summed E-state index contributed by atoms with van der Waals surface area (Å²) < 4.78 is 11.9. The molecule has 2 aromatic carbocycles. The minimum Gasteiger partial charge on any atom is -0.491 e. The van der Waals surface area contributed by atoms with Crippen LogP contribution in [0.1, 0.15) is 64.5 Å². The summed E-state index contributed by atoms with van der Waals surface area (Å²) in [5.74, 6) is -0.826. The molecular formula is C29H33NO4. The summed E-state index contributed by atoms with van der Waals surface area (Å²) >= 11 is 0. The fraction of sp³-hybridized carbons (Fsp3) is 0.414. The molecule has 1 heterocycles. The van der Waals surface area contributed by atoms with Crippen molar-refractivity contribution in [3.63, 3.8) is 0 Å². The van der Waals surface area contributed by atoms with Gasteiger partial charge in [-0.05, 0) is 44.2 Å². The number of carbonyl (C=O) groups is 2. The fourth-order valence-corrected chi connectivity index (χ4v) is 5.00. The Morgan fingerprint density at radius 3 is 2.44 bits per heavy atom. The molecule has 0 amide bonds. The Hall–Kier alpha value is -3.21. The average Bonchev–Trinajstić information content (AvgIpc) is 2.76. The monoisotopic (exact) mass is 459 g/mol. The molecule has 0 saturated carbocycles. The molecule has 2 aromatic rings. The Labute approximate surface area is 201 Å². The van der Waals surface area contributed by atoms with Crippen molar-refractivity contribution >= 4 is 17.5 Å². The van der Waals surface area contributed by atoms with Crippen molar-refractivity contribution in [2.75, 3.05) is 0 Å². The molecular weight excluding hydrogens is 426 g/mol. The van der Waals surface area contributed by atoms with Crippen LogP contribution in [0.3, 0.4) is 0 Å². The number of esters is 1. The van der Waals surface area contributed by atoms with Gasteiger partial charge in [0.1, 0.15) is 18.3 Å². The first-order valence-corrected chi connectivity index (χ1v) is 11.9. The largest absolute Gasteiger partial charge is 0.491 e. The zero-order valence-electron chi connectivity index (χ0n) is 20.6. The van der Waals surface area contributed by atoms with Crippen LogP contribution >= 0.6 is 0 Å². The van der Waals surface area contributed by atoms with Gasteiger partial charge in [-0.1, -0.05) is 62.4 Å². The van der Waals surface area contributed by atoms with Crippen LogP contribution in [0, 0.1) is 11.3 Å². The fourth-order valence-electron chi connectivity index (χ4n) is 5.00. The predicted octanol–water partition coefficient (Wildman–Crippen LogP) is 6.03. The number of Topliss-reactive ketones (excluding diaryl/α,β-unsaturated/α-hetero) is 1. The molecule has 34 heavy (non-hydrogen) atoms. The van der Waals surface area contributed by atoms with Crippen molar-refractivity contribution in [1.82, 2.24) is 0 Å². The maximum absolute atomic E-state index is 13.5. The van der Waals surface area contributed by atoms with Crippen molar-refractivity contribution in [3.8, 4) is 5.75 Å². The van der Waals surface area contributed by atoms with Crippen LogP contribution in [-0.2, 0) is 20.9 Å². The molecule has 5 nitrogen and oxygen atoms in total. The number of aliphatic imine (C=N–C) groups is 1. The Bertz CT molecular complexity index is 1140. The van der Waals surface area contributed by atoms with Crippen LogP contribution < -0.4 is 4.74 Å². The van der Waals surface area contributed by atoms with E-state index in [4.69, 9.17) is 14.5 Å². The molecule has 0 radical (unpaired) electrons. The molecule has 4 rings (SSSR count). The SMILES string of the molecule is CC1=NC2=C(C(=O)CC(C)(C)C2)[C@H](c2ccccc2OC(C)C)C1C(=O)OCc1ccccc1. The van der Waals surface area contributed by atoms with Gasteiger partial charge in [-0.2, -0.15) is 0 Å². The van der Waals surface area contributed by atoms with Gasteiger partial charge >= 0.3 is 5.97 Å². The Balaban J connectivity index is 1.78. The predicted molar refractivity (Wildman–Crippen MR) is 133 cm³/mol. The molecule has 0 saturated heterocycles. The third kappa shape index (κ3) is 4.98. The van der Waals surface area contributed by atoms with Crippen LogP contribution in [-0.4, -0.2) is 23.6 Å². The standard InChI is InChI=1S/C29H33NO4/c1-18(2)34-24-14-10-9-13-21(24)26-25(28(32)33-17-20-11-7-6-8-12-20)19(3)30-22-15-29(4,5)16-23(31)27(22)26/h6-14,18,25-26H,15-17H2,1-5H3/t25?,26-/m1/s1. The van der Waals surface area contributed by atoms with Crippen molar-refractivity contribution < 1.29 is 19.1 Å². The number of para-hydroxylation sites is 1. The number of hydrogen-bond acceptors (Lipinski definition) is 5. The summed E-state index contributed by atoms with van der Waals surface area (Å²) in [5, 5.41) is 0. The van der Waals surface area contributed by atoms with E-state index in [2.05, 4.69) is 13.8 Å². The van der Waals surface area contributed by atoms with Crippen LogP contribution in [0.5, 0.6) is 5.75 Å². The second kappa shape index (κ2) is 9.57. The topological polar surface area (TPSA) is 65.0 Å². The van der Waals surface area contributed by atoms with Gasteiger partial charge in [-0.25, -0.2) is 0 Å². The number of carbonyl (C=O) groups excluding carboxylic acids is 2. The first-order valence-electron chi connectivity index (χ1n) is 11.9. The van der Waals surface area contributed by atoms with Crippen LogP contribution in [0.2, 0.25) is 0 Å². The molecule has 0 bridgehead atoms. The van der Waals surface area contributed by atoms with Gasteiger partial charge in [0.25, 0.3) is 0 Å². The van der Waals surface area contributed by atoms with Gasteiger partial charge < -0.3 is 9.47 Å². The first-order chi connectivity index (χ1) is 16.2. The minimum atomic E-state index is -0.690. The first kappa shape index (κ1) is 23.9. The summed E-state index contributed by atoms with van der Waals surface area (Å²) in [5.41, 5.74) is 3.66. The lowest BCUT2D eigenvalue weighted by Gasteiger charge is -2.39. The molecule has 1 aliphatic heterocycles. The maximum Gasteiger partial charge on any atom is 0.315 e. The van der Waals surface area contributed by atoms with Crippen LogP contribution in [0.15, 0.2) is 70.9 Å². The number of ether oxygens (including phenoxy) is 2. The average molecular weight is 460 g/mol. The smallest absolute Gasteiger partial charge is 0.315 e. The van der Waals surface area contributed by atoms with E-state index in [1.807, 2.05) is 75.4 Å². The lowest BCUT2D eigenvalue weighted by molar-refractivity contribution is -0.148. The number of nitrogens with zero attached hydrogens (tertiary/aromatic N) is 1. The lowest BCUT2D eigenvalue weighted by atomic mass is 9.66. The van der Waals surface area contributed by atoms with Crippen LogP contribution in [0.25, 0.3) is 0 Å². The van der Waals surface area contributed by atoms with Gasteiger partial charge in [0.15, 0.2) is 5.78 Å². The van der Waals surface area contributed by atoms with Crippen molar-refractivity contribution in [3.05, 3.63) is 77.0 Å². The summed E-state index contributed by atoms with van der Waals surface area (Å²) in [4.78, 5) is 31.8. The summed E-state index contributed by atoms with van der Waals surface area (Å²) in [6, 6.07) is 17.3. The second-order valence-corrected chi connectivity index (χ2v) is 10.3. The van der Waals surface area contributed by atoms with Gasteiger partial charge in [0, 0.05) is 34.9 Å². The maximum atomic E-state index is 13.5. The zero-order valence-corrected chi connectivity index (χ0v) is 20.6. The number of allylic oxidation sites excluding steroid dienone is 2. The Morgan fingerprint density at radius 2 is 1.74 bits per heavy atom. The lowest BCUT2D eigenvalue weighted by Crippen LogP contribution is -2.39. The Kier molecular flexibility index (Phi) is 6.74. The highest BCUT2D eigenvalue weighted by molar-refractivity contribution is 6.09. The van der Waals surface area contributed by atoms with Crippen molar-refractivity contribution in [2.24, 2.45) is 16.3 Å². The summed E-state index contributed by atoms with van der Waals surface area (Å²) in [7, 11) is 0. The third-order valence-corrected chi connectivity index (χ3v) is 6.40. The minimum absolute atomic E-state index is 0.0440. The van der Waals surface area contributed by atoms with E-state index in [0.717, 1.165) is 16.8 Å². The number of benzene rings is 2. The molecule has 178 valence electrons. The normalized spacial score (nSPS) is 21.7. The zero-order chi connectivity index (χ0) is 24.5. The number of rotatable bonds is 6. The van der Waals surface area contributed by atoms with Crippen molar-refractivity contribution in [2.45, 2.75) is 66.1 Å². The summed E-state index contributed by atoms with van der Waals surface area (Å²) in [6.45, 7) is 10.1. The Morgan fingerprint density at radius 1 is 1.06 bits per heavy atom. The number of ketones is 1. The van der Waals surface area contributed by atoms with E-state index in [1.165, 1.54) is 0 Å².